The largest absolute Gasteiger partial charge is 0.495 e. The predicted octanol–water partition coefficient (Wildman–Crippen LogP) is 5.88. The van der Waals surface area contributed by atoms with Crippen molar-refractivity contribution in [2.45, 2.75) is 32.2 Å². The van der Waals surface area contributed by atoms with E-state index in [1.165, 1.54) is 0 Å². The van der Waals surface area contributed by atoms with Crippen LogP contribution in [0.5, 0.6) is 5.75 Å². The molecule has 31 heavy (non-hydrogen) atoms. The van der Waals surface area contributed by atoms with Crippen molar-refractivity contribution in [3.05, 3.63) is 70.9 Å². The molecular formula is C25H27ClN2O3. The molecule has 0 unspecified atom stereocenters. The van der Waals surface area contributed by atoms with Gasteiger partial charge in [0.1, 0.15) is 11.4 Å². The minimum Gasteiger partial charge on any atom is -0.495 e. The van der Waals surface area contributed by atoms with Gasteiger partial charge in [-0.1, -0.05) is 47.1 Å². The number of ketones is 1. The lowest BCUT2D eigenvalue weighted by atomic mass is 9.90. The first kappa shape index (κ1) is 21.6. The Morgan fingerprint density at radius 2 is 1.94 bits per heavy atom. The van der Waals surface area contributed by atoms with Gasteiger partial charge in [-0.15, -0.1) is 0 Å². The summed E-state index contributed by atoms with van der Waals surface area (Å²) < 4.78 is 10.8. The number of piperidine rings is 1. The molecule has 162 valence electrons. The van der Waals surface area contributed by atoms with Crippen LogP contribution in [-0.4, -0.2) is 36.0 Å². The molecule has 0 radical (unpaired) electrons. The minimum atomic E-state index is 0.146. The van der Waals surface area contributed by atoms with Crippen molar-refractivity contribution in [1.82, 2.24) is 10.1 Å². The lowest BCUT2D eigenvalue weighted by molar-refractivity contribution is 0.0959. The van der Waals surface area contributed by atoms with Crippen molar-refractivity contribution in [2.24, 2.45) is 5.92 Å². The fraction of sp³-hybridized carbons (Fsp3) is 0.360. The van der Waals surface area contributed by atoms with Crippen molar-refractivity contribution in [3.8, 4) is 17.0 Å². The Balaban J connectivity index is 1.23. The normalized spacial score (nSPS) is 15.2. The number of carbonyl (C=O) groups is 1. The summed E-state index contributed by atoms with van der Waals surface area (Å²) in [5.41, 5.74) is 2.61. The molecule has 2 heterocycles. The van der Waals surface area contributed by atoms with Gasteiger partial charge >= 0.3 is 0 Å². The van der Waals surface area contributed by atoms with Gasteiger partial charge in [0.2, 0.25) is 0 Å². The number of carbonyl (C=O) groups excluding carboxylic acids is 1. The maximum Gasteiger partial charge on any atom is 0.163 e. The Hall–Kier alpha value is -2.63. The Bertz CT molecular complexity index is 1010. The zero-order chi connectivity index (χ0) is 21.6. The number of nitrogens with zero attached hydrogens (tertiary/aromatic N) is 2. The van der Waals surface area contributed by atoms with Crippen LogP contribution in [0.4, 0.5) is 0 Å². The van der Waals surface area contributed by atoms with E-state index in [1.807, 2.05) is 36.4 Å². The van der Waals surface area contributed by atoms with E-state index in [0.29, 0.717) is 28.7 Å². The molecule has 0 atom stereocenters. The van der Waals surface area contributed by atoms with E-state index < -0.39 is 0 Å². The maximum absolute atomic E-state index is 12.6. The van der Waals surface area contributed by atoms with E-state index in [9.17, 15) is 4.79 Å². The first-order valence-electron chi connectivity index (χ1n) is 10.7. The number of halogens is 1. The number of hydrogen-bond acceptors (Lipinski definition) is 5. The average molecular weight is 439 g/mol. The van der Waals surface area contributed by atoms with Crippen LogP contribution in [-0.2, 0) is 6.54 Å². The van der Waals surface area contributed by atoms with E-state index in [1.54, 1.807) is 25.3 Å². The highest BCUT2D eigenvalue weighted by atomic mass is 35.5. The Morgan fingerprint density at radius 1 is 1.16 bits per heavy atom. The fourth-order valence-corrected chi connectivity index (χ4v) is 4.29. The molecule has 3 aromatic rings. The summed E-state index contributed by atoms with van der Waals surface area (Å²) in [6, 6.07) is 17.3. The zero-order valence-corrected chi connectivity index (χ0v) is 18.5. The summed E-state index contributed by atoms with van der Waals surface area (Å²) in [5.74, 6) is 2.16. The van der Waals surface area contributed by atoms with Gasteiger partial charge in [0.15, 0.2) is 11.5 Å². The lowest BCUT2D eigenvalue weighted by Crippen LogP contribution is -2.33. The molecule has 1 saturated heterocycles. The fourth-order valence-electron chi connectivity index (χ4n) is 4.10. The molecule has 5 nitrogen and oxygen atoms in total. The number of benzene rings is 2. The highest BCUT2D eigenvalue weighted by Gasteiger charge is 2.22. The summed E-state index contributed by atoms with van der Waals surface area (Å²) in [5, 5.41) is 4.73. The van der Waals surface area contributed by atoms with E-state index in [2.05, 4.69) is 10.1 Å². The molecule has 0 bridgehead atoms. The van der Waals surface area contributed by atoms with Crippen molar-refractivity contribution >= 4 is 17.4 Å². The van der Waals surface area contributed by atoms with Crippen LogP contribution in [0, 0.1) is 5.92 Å². The highest BCUT2D eigenvalue weighted by Crippen LogP contribution is 2.28. The van der Waals surface area contributed by atoms with Crippen molar-refractivity contribution < 1.29 is 14.1 Å². The molecule has 4 rings (SSSR count). The van der Waals surface area contributed by atoms with Gasteiger partial charge < -0.3 is 9.26 Å². The molecule has 1 aromatic heterocycles. The maximum atomic E-state index is 12.6. The second-order valence-electron chi connectivity index (χ2n) is 8.08. The Kier molecular flexibility index (Phi) is 7.05. The van der Waals surface area contributed by atoms with Gasteiger partial charge in [0.05, 0.1) is 18.7 Å². The lowest BCUT2D eigenvalue weighted by Gasteiger charge is -2.31. The SMILES string of the molecule is COc1cc(C(=O)CCC2CCN(Cc3cc(-c4ccccc4)no3)CC2)ccc1Cl. The first-order valence-corrected chi connectivity index (χ1v) is 11.1. The molecule has 2 aromatic carbocycles. The molecule has 0 spiro atoms. The molecule has 6 heteroatoms. The van der Waals surface area contributed by atoms with Crippen LogP contribution >= 0.6 is 11.6 Å². The predicted molar refractivity (Wildman–Crippen MR) is 122 cm³/mol. The molecular weight excluding hydrogens is 412 g/mol. The Morgan fingerprint density at radius 3 is 2.68 bits per heavy atom. The van der Waals surface area contributed by atoms with Crippen molar-refractivity contribution in [1.29, 1.82) is 0 Å². The van der Waals surface area contributed by atoms with E-state index in [4.69, 9.17) is 20.9 Å². The quantitative estimate of drug-likeness (QED) is 0.411. The standard InChI is InChI=1S/C25H27ClN2O3/c1-30-25-15-20(8-9-22(25)26)24(29)10-7-18-11-13-28(14-12-18)17-21-16-23(27-31-21)19-5-3-2-4-6-19/h2-6,8-9,15-16,18H,7,10-14,17H2,1H3. The summed E-state index contributed by atoms with van der Waals surface area (Å²) in [6.07, 6.45) is 3.66. The van der Waals surface area contributed by atoms with E-state index in [-0.39, 0.29) is 5.78 Å². The smallest absolute Gasteiger partial charge is 0.163 e. The van der Waals surface area contributed by atoms with Crippen LogP contribution in [0.3, 0.4) is 0 Å². The summed E-state index contributed by atoms with van der Waals surface area (Å²) in [4.78, 5) is 15.0. The number of rotatable bonds is 8. The van der Waals surface area contributed by atoms with Crippen LogP contribution in [0.1, 0.15) is 41.8 Å². The third-order valence-electron chi connectivity index (χ3n) is 5.97. The third-order valence-corrected chi connectivity index (χ3v) is 6.28. The summed E-state index contributed by atoms with van der Waals surface area (Å²) >= 11 is 6.05. The average Bonchev–Trinajstić information content (AvgIpc) is 3.28. The van der Waals surface area contributed by atoms with Crippen LogP contribution in [0.15, 0.2) is 59.1 Å². The van der Waals surface area contributed by atoms with Gasteiger partial charge in [0, 0.05) is 23.6 Å². The van der Waals surface area contributed by atoms with Gasteiger partial charge in [-0.2, -0.15) is 0 Å². The van der Waals surface area contributed by atoms with Gasteiger partial charge in [-0.3, -0.25) is 9.69 Å². The summed E-state index contributed by atoms with van der Waals surface area (Å²) in [6.45, 7) is 2.79. The number of methoxy groups -OCH3 is 1. The van der Waals surface area contributed by atoms with Crippen molar-refractivity contribution in [2.75, 3.05) is 20.2 Å². The number of Topliss-reactive ketones (excluding diaryl/α,β-unsaturated/α-hetero) is 1. The minimum absolute atomic E-state index is 0.146. The van der Waals surface area contributed by atoms with E-state index in [0.717, 1.165) is 55.9 Å². The van der Waals surface area contributed by atoms with Crippen molar-refractivity contribution in [3.63, 3.8) is 0 Å². The molecule has 0 aliphatic carbocycles. The van der Waals surface area contributed by atoms with E-state index >= 15 is 0 Å². The number of aromatic nitrogens is 1. The highest BCUT2D eigenvalue weighted by molar-refractivity contribution is 6.32. The van der Waals surface area contributed by atoms with Gasteiger partial charge in [0.25, 0.3) is 0 Å². The molecule has 0 amide bonds. The second-order valence-corrected chi connectivity index (χ2v) is 8.48. The molecule has 0 saturated carbocycles. The first-order chi connectivity index (χ1) is 15.1. The molecule has 1 aliphatic rings. The Labute approximate surface area is 187 Å². The number of ether oxygens (including phenoxy) is 1. The third kappa shape index (κ3) is 5.54. The van der Waals surface area contributed by atoms with Crippen LogP contribution < -0.4 is 4.74 Å². The zero-order valence-electron chi connectivity index (χ0n) is 17.7. The number of hydrogen-bond donors (Lipinski definition) is 0. The topological polar surface area (TPSA) is 55.6 Å². The molecule has 1 aliphatic heterocycles. The molecule has 1 fully saturated rings. The summed E-state index contributed by atoms with van der Waals surface area (Å²) in [7, 11) is 1.56. The van der Waals surface area contributed by atoms with Crippen LogP contribution in [0.25, 0.3) is 11.3 Å². The monoisotopic (exact) mass is 438 g/mol. The van der Waals surface area contributed by atoms with Gasteiger partial charge in [-0.05, 0) is 56.5 Å². The van der Waals surface area contributed by atoms with Crippen LogP contribution in [0.2, 0.25) is 5.02 Å². The molecule has 0 N–H and O–H groups in total. The second kappa shape index (κ2) is 10.1. The number of likely N-dealkylation sites (tertiary alicyclic amines) is 1. The van der Waals surface area contributed by atoms with Gasteiger partial charge in [-0.25, -0.2) is 0 Å².